The maximum atomic E-state index is 12.3. The lowest BCUT2D eigenvalue weighted by atomic mass is 10.1. The third kappa shape index (κ3) is 5.59. The van der Waals surface area contributed by atoms with Crippen molar-refractivity contribution in [1.82, 2.24) is 10.1 Å². The molecule has 0 aliphatic rings. The molecule has 0 spiro atoms. The number of hydrogen-bond donors (Lipinski definition) is 1. The fourth-order valence-corrected chi connectivity index (χ4v) is 1.80. The molecule has 0 saturated carbocycles. The van der Waals surface area contributed by atoms with E-state index in [1.807, 2.05) is 0 Å². The van der Waals surface area contributed by atoms with Crippen LogP contribution in [0.4, 0.5) is 10.5 Å². The Kier molecular flexibility index (Phi) is 6.27. The molecule has 3 amide bonds. The van der Waals surface area contributed by atoms with Gasteiger partial charge in [-0.2, -0.15) is 0 Å². The molecule has 9 nitrogen and oxygen atoms in total. The summed E-state index contributed by atoms with van der Waals surface area (Å²) in [5, 5.41) is 13.2. The van der Waals surface area contributed by atoms with Crippen molar-refractivity contribution in [2.24, 2.45) is 0 Å². The summed E-state index contributed by atoms with van der Waals surface area (Å²) in [5.74, 6) is -2.01. The maximum Gasteiger partial charge on any atom is 0.408 e. The maximum absolute atomic E-state index is 12.3. The van der Waals surface area contributed by atoms with E-state index in [2.05, 4.69) is 5.32 Å². The van der Waals surface area contributed by atoms with Gasteiger partial charge in [0.25, 0.3) is 11.6 Å². The number of nitrogens with zero attached hydrogens (tertiary/aromatic N) is 2. The molecule has 1 aromatic rings. The van der Waals surface area contributed by atoms with Gasteiger partial charge >= 0.3 is 6.09 Å². The number of nitro benzene ring substituents is 1. The van der Waals surface area contributed by atoms with Crippen LogP contribution >= 0.6 is 0 Å². The Balaban J connectivity index is 2.87. The summed E-state index contributed by atoms with van der Waals surface area (Å²) >= 11 is 0. The van der Waals surface area contributed by atoms with Gasteiger partial charge < -0.3 is 14.9 Å². The lowest BCUT2D eigenvalue weighted by Gasteiger charge is -2.24. The molecule has 0 aliphatic heterocycles. The number of benzene rings is 1. The van der Waals surface area contributed by atoms with Crippen LogP contribution in [0, 0.1) is 10.1 Å². The fraction of sp³-hybridized carbons (Fsp3) is 0.400. The molecule has 2 radical (unpaired) electrons. The lowest BCUT2D eigenvalue weighted by Crippen LogP contribution is -2.49. The number of carbonyl (C=O) groups excluding carboxylic acids is 3. The van der Waals surface area contributed by atoms with Crippen LogP contribution in [-0.4, -0.2) is 47.3 Å². The van der Waals surface area contributed by atoms with E-state index in [1.54, 1.807) is 20.8 Å². The van der Waals surface area contributed by atoms with Gasteiger partial charge in [-0.1, -0.05) is 12.1 Å². The van der Waals surface area contributed by atoms with Gasteiger partial charge in [0.1, 0.15) is 17.2 Å². The van der Waals surface area contributed by atoms with Crippen LogP contribution < -0.4 is 5.32 Å². The third-order valence-corrected chi connectivity index (χ3v) is 2.89. The molecule has 1 rings (SSSR count). The zero-order chi connectivity index (χ0) is 19.4. The van der Waals surface area contributed by atoms with Gasteiger partial charge in [-0.15, -0.1) is 0 Å². The van der Waals surface area contributed by atoms with E-state index in [4.69, 9.17) is 12.7 Å². The van der Waals surface area contributed by atoms with Gasteiger partial charge in [-0.05, 0) is 33.8 Å². The number of para-hydroxylation sites is 1. The predicted molar refractivity (Wildman–Crippen MR) is 88.9 cm³/mol. The Morgan fingerprint density at radius 2 is 1.84 bits per heavy atom. The molecular formula is C15H18BN3O6. The van der Waals surface area contributed by atoms with Crippen molar-refractivity contribution in [3.8, 4) is 0 Å². The summed E-state index contributed by atoms with van der Waals surface area (Å²) in [5.41, 5.74) is -1.59. The SMILES string of the molecule is [B]N(C(=O)c1ccccc1[N+](=O)[O-])C(=O)[C@H](C)NC(=O)OC(C)(C)C. The first kappa shape index (κ1) is 20.1. The second-order valence-corrected chi connectivity index (χ2v) is 6.16. The van der Waals surface area contributed by atoms with Crippen LogP contribution in [0.2, 0.25) is 0 Å². The van der Waals surface area contributed by atoms with Crippen molar-refractivity contribution >= 4 is 31.6 Å². The van der Waals surface area contributed by atoms with Crippen LogP contribution in [0.15, 0.2) is 24.3 Å². The molecule has 0 aromatic heterocycles. The summed E-state index contributed by atoms with van der Waals surface area (Å²) in [6.07, 6.45) is -0.861. The quantitative estimate of drug-likeness (QED) is 0.501. The van der Waals surface area contributed by atoms with E-state index in [9.17, 15) is 24.5 Å². The molecule has 1 N–H and O–H groups in total. The van der Waals surface area contributed by atoms with Gasteiger partial charge in [0.05, 0.1) is 4.92 Å². The lowest BCUT2D eigenvalue weighted by molar-refractivity contribution is -0.385. The number of rotatable bonds is 4. The second kappa shape index (κ2) is 7.78. The highest BCUT2D eigenvalue weighted by Crippen LogP contribution is 2.19. The van der Waals surface area contributed by atoms with E-state index in [-0.39, 0.29) is 10.4 Å². The van der Waals surface area contributed by atoms with Crippen molar-refractivity contribution in [1.29, 1.82) is 0 Å². The van der Waals surface area contributed by atoms with Crippen molar-refractivity contribution < 1.29 is 24.0 Å². The molecule has 10 heteroatoms. The van der Waals surface area contributed by atoms with Crippen molar-refractivity contribution in [3.63, 3.8) is 0 Å². The van der Waals surface area contributed by atoms with Crippen LogP contribution in [0.5, 0.6) is 0 Å². The fourth-order valence-electron chi connectivity index (χ4n) is 1.80. The topological polar surface area (TPSA) is 119 Å². The van der Waals surface area contributed by atoms with Gasteiger partial charge in [0.2, 0.25) is 13.9 Å². The standard InChI is InChI=1S/C15H18BN3O6/c1-9(17-14(22)25-15(2,3)4)12(20)18(16)13(21)10-7-5-6-8-11(10)19(23)24/h5-9H,1-4H3,(H,17,22)/t9-/m0/s1. The number of nitro groups is 1. The van der Waals surface area contributed by atoms with Crippen molar-refractivity contribution in [2.75, 3.05) is 0 Å². The van der Waals surface area contributed by atoms with Crippen LogP contribution in [0.1, 0.15) is 38.1 Å². The molecular weight excluding hydrogens is 329 g/mol. The van der Waals surface area contributed by atoms with E-state index in [0.717, 1.165) is 6.07 Å². The molecule has 25 heavy (non-hydrogen) atoms. The second-order valence-electron chi connectivity index (χ2n) is 6.16. The molecule has 0 unspecified atom stereocenters. The van der Waals surface area contributed by atoms with Gasteiger partial charge in [-0.3, -0.25) is 19.7 Å². The summed E-state index contributed by atoms with van der Waals surface area (Å²) in [4.78, 5) is 46.5. The van der Waals surface area contributed by atoms with Crippen LogP contribution in [0.3, 0.4) is 0 Å². The van der Waals surface area contributed by atoms with E-state index < -0.39 is 40.2 Å². The number of ether oxygens (including phenoxy) is 1. The monoisotopic (exact) mass is 347 g/mol. The molecule has 1 atom stereocenters. The minimum atomic E-state index is -1.17. The Labute approximate surface area is 145 Å². The number of amides is 3. The minimum absolute atomic E-state index is 0.227. The molecule has 1 aromatic carbocycles. The van der Waals surface area contributed by atoms with Crippen molar-refractivity contribution in [2.45, 2.75) is 39.3 Å². The van der Waals surface area contributed by atoms with Gasteiger partial charge in [0.15, 0.2) is 0 Å². The smallest absolute Gasteiger partial charge is 0.408 e. The number of alkyl carbamates (subject to hydrolysis) is 1. The molecule has 0 aliphatic carbocycles. The van der Waals surface area contributed by atoms with Crippen LogP contribution in [-0.2, 0) is 9.53 Å². The first-order valence-corrected chi connectivity index (χ1v) is 7.30. The molecule has 0 fully saturated rings. The third-order valence-electron chi connectivity index (χ3n) is 2.89. The Morgan fingerprint density at radius 1 is 1.28 bits per heavy atom. The average Bonchev–Trinajstić information content (AvgIpc) is 2.50. The highest BCUT2D eigenvalue weighted by molar-refractivity contribution is 6.29. The number of imide groups is 1. The Hall–Kier alpha value is -2.91. The largest absolute Gasteiger partial charge is 0.444 e. The molecule has 0 bridgehead atoms. The summed E-state index contributed by atoms with van der Waals surface area (Å²) in [6, 6.07) is 3.91. The highest BCUT2D eigenvalue weighted by Gasteiger charge is 2.29. The number of carbonyl (C=O) groups is 3. The Morgan fingerprint density at radius 3 is 2.36 bits per heavy atom. The molecule has 0 heterocycles. The summed E-state index contributed by atoms with van der Waals surface area (Å²) in [6.45, 7) is 6.24. The molecule has 0 saturated heterocycles. The predicted octanol–water partition coefficient (Wildman–Crippen LogP) is 1.56. The normalized spacial score (nSPS) is 12.0. The van der Waals surface area contributed by atoms with E-state index in [0.29, 0.717) is 0 Å². The van der Waals surface area contributed by atoms with Gasteiger partial charge in [-0.25, -0.2) is 4.79 Å². The first-order chi connectivity index (χ1) is 11.4. The highest BCUT2D eigenvalue weighted by atomic mass is 16.6. The zero-order valence-electron chi connectivity index (χ0n) is 14.3. The summed E-state index contributed by atoms with van der Waals surface area (Å²) < 4.78 is 5.00. The average molecular weight is 347 g/mol. The number of hydrogen-bond acceptors (Lipinski definition) is 6. The summed E-state index contributed by atoms with van der Waals surface area (Å²) in [7, 11) is 5.49. The minimum Gasteiger partial charge on any atom is -0.444 e. The zero-order valence-corrected chi connectivity index (χ0v) is 14.3. The van der Waals surface area contributed by atoms with Crippen molar-refractivity contribution in [3.05, 3.63) is 39.9 Å². The number of nitrogens with one attached hydrogen (secondary N) is 1. The first-order valence-electron chi connectivity index (χ1n) is 7.30. The van der Waals surface area contributed by atoms with E-state index >= 15 is 0 Å². The molecule has 132 valence electrons. The Bertz CT molecular complexity index is 701. The van der Waals surface area contributed by atoms with Crippen LogP contribution in [0.25, 0.3) is 0 Å². The van der Waals surface area contributed by atoms with E-state index in [1.165, 1.54) is 25.1 Å². The van der Waals surface area contributed by atoms with Gasteiger partial charge in [0, 0.05) is 6.07 Å².